The van der Waals surface area contributed by atoms with Crippen LogP contribution in [0.5, 0.6) is 5.75 Å². The van der Waals surface area contributed by atoms with Crippen LogP contribution >= 0.6 is 11.6 Å². The zero-order chi connectivity index (χ0) is 29.6. The molecule has 0 aliphatic carbocycles. The van der Waals surface area contributed by atoms with E-state index < -0.39 is 45.5 Å². The minimum Gasteiger partial charge on any atom is -0.486 e. The number of aromatic nitrogens is 2. The molecule has 0 saturated heterocycles. The molecule has 216 valence electrons. The molecule has 2 heterocycles. The summed E-state index contributed by atoms with van der Waals surface area (Å²) in [6, 6.07) is 3.07. The summed E-state index contributed by atoms with van der Waals surface area (Å²) in [6.45, 7) is 8.46. The van der Waals surface area contributed by atoms with Gasteiger partial charge in [-0.1, -0.05) is 25.4 Å². The highest BCUT2D eigenvalue weighted by molar-refractivity contribution is 7.93. The normalized spacial score (nSPS) is 18.3. The first kappa shape index (κ1) is 30.5. The molecule has 0 bridgehead atoms. The lowest BCUT2D eigenvalue weighted by Gasteiger charge is -2.42. The maximum atomic E-state index is 13.9. The first-order valence-corrected chi connectivity index (χ1v) is 13.8. The first-order valence-electron chi connectivity index (χ1n) is 11.9. The summed E-state index contributed by atoms with van der Waals surface area (Å²) < 4.78 is 80.4. The summed E-state index contributed by atoms with van der Waals surface area (Å²) >= 11 is 6.19. The number of rotatable bonds is 8. The van der Waals surface area contributed by atoms with Crippen molar-refractivity contribution in [3.63, 3.8) is 0 Å². The number of alkyl halides is 3. The Labute approximate surface area is 229 Å². The van der Waals surface area contributed by atoms with Crippen molar-refractivity contribution < 1.29 is 40.7 Å². The number of hydrogen-bond acceptors (Lipinski definition) is 7. The lowest BCUT2D eigenvalue weighted by molar-refractivity contribution is -0.242. The van der Waals surface area contributed by atoms with Crippen molar-refractivity contribution in [1.29, 1.82) is 0 Å². The van der Waals surface area contributed by atoms with Crippen LogP contribution in [0.1, 0.15) is 48.0 Å². The van der Waals surface area contributed by atoms with Gasteiger partial charge in [0.25, 0.3) is 10.0 Å². The third kappa shape index (κ3) is 6.26. The lowest BCUT2D eigenvalue weighted by atomic mass is 9.86. The summed E-state index contributed by atoms with van der Waals surface area (Å²) in [6.07, 6.45) is -4.77. The number of ether oxygens (including phenoxy) is 2. The van der Waals surface area contributed by atoms with Crippen LogP contribution in [0.15, 0.2) is 29.3 Å². The number of halogens is 4. The molecule has 1 aromatic carbocycles. The van der Waals surface area contributed by atoms with Gasteiger partial charge in [0, 0.05) is 23.8 Å². The van der Waals surface area contributed by atoms with Crippen LogP contribution in [0.2, 0.25) is 5.15 Å². The number of sulfonamides is 1. The van der Waals surface area contributed by atoms with E-state index in [4.69, 9.17) is 16.3 Å². The molecule has 0 fully saturated rings. The van der Waals surface area contributed by atoms with Crippen molar-refractivity contribution in [2.75, 3.05) is 9.62 Å². The van der Waals surface area contributed by atoms with Crippen LogP contribution in [0, 0.1) is 5.41 Å². The summed E-state index contributed by atoms with van der Waals surface area (Å²) in [5, 5.41) is 5.95. The maximum absolute atomic E-state index is 13.9. The van der Waals surface area contributed by atoms with E-state index in [0.29, 0.717) is 20.4 Å². The molecule has 3 rings (SSSR count). The molecular formula is C24H30ClF3N4O6S. The van der Waals surface area contributed by atoms with Crippen LogP contribution < -0.4 is 14.4 Å². The Morgan fingerprint density at radius 1 is 1.26 bits per heavy atom. The summed E-state index contributed by atoms with van der Waals surface area (Å²) in [4.78, 5) is 23.6. The van der Waals surface area contributed by atoms with E-state index in [9.17, 15) is 31.2 Å². The first-order chi connectivity index (χ1) is 17.8. The van der Waals surface area contributed by atoms with E-state index >= 15 is 0 Å². The Morgan fingerprint density at radius 3 is 2.44 bits per heavy atom. The van der Waals surface area contributed by atoms with Gasteiger partial charge in [-0.2, -0.15) is 18.3 Å². The molecule has 1 aliphatic heterocycles. The highest BCUT2D eigenvalue weighted by Gasteiger charge is 2.51. The Balaban J connectivity index is 2.07. The number of benzene rings is 1. The standard InChI is InChI=1S/C24H30ClF3N4O6S/c1-7-31-12-19(20(25)30-31)39(35,36)32-14(2)18(11-22(3,4)13-33)37-17-9-8-15(10-16(17)32)29-21(34)38-23(5,6)24(26,27)28/h8-10,12-14,18H,7,11H2,1-6H3,(H,29,34)/t14-,18+/m0/s1. The second-order valence-corrected chi connectivity index (χ2v) is 12.5. The molecule has 10 nitrogen and oxygen atoms in total. The fourth-order valence-electron chi connectivity index (χ4n) is 3.88. The van der Waals surface area contributed by atoms with Gasteiger partial charge in [0.15, 0.2) is 5.15 Å². The van der Waals surface area contributed by atoms with Gasteiger partial charge in [-0.3, -0.25) is 14.3 Å². The zero-order valence-corrected chi connectivity index (χ0v) is 23.7. The second kappa shape index (κ2) is 10.5. The van der Waals surface area contributed by atoms with Gasteiger partial charge in [0.05, 0.1) is 11.7 Å². The monoisotopic (exact) mass is 594 g/mol. The van der Waals surface area contributed by atoms with Crippen molar-refractivity contribution >= 4 is 45.4 Å². The third-order valence-corrected chi connectivity index (χ3v) is 8.55. The van der Waals surface area contributed by atoms with Crippen LogP contribution in [-0.2, 0) is 26.1 Å². The number of nitrogens with zero attached hydrogens (tertiary/aromatic N) is 3. The van der Waals surface area contributed by atoms with Gasteiger partial charge in [0.2, 0.25) is 5.60 Å². The second-order valence-electron chi connectivity index (χ2n) is 10.4. The molecule has 0 spiro atoms. The Kier molecular flexibility index (Phi) is 8.24. The van der Waals surface area contributed by atoms with Crippen molar-refractivity contribution in [3.05, 3.63) is 29.5 Å². The Hall–Kier alpha value is -3.00. The van der Waals surface area contributed by atoms with E-state index in [-0.39, 0.29) is 33.6 Å². The molecule has 0 radical (unpaired) electrons. The molecule has 15 heteroatoms. The molecule has 1 amide bonds. The number of amides is 1. The Bertz CT molecular complexity index is 1360. The number of fused-ring (bicyclic) bond motifs is 1. The van der Waals surface area contributed by atoms with Gasteiger partial charge >= 0.3 is 12.3 Å². The van der Waals surface area contributed by atoms with Crippen molar-refractivity contribution in [2.45, 2.75) is 83.3 Å². The van der Waals surface area contributed by atoms with Gasteiger partial charge < -0.3 is 14.3 Å². The van der Waals surface area contributed by atoms with Crippen LogP contribution in [0.25, 0.3) is 0 Å². The Morgan fingerprint density at radius 2 is 1.90 bits per heavy atom. The van der Waals surface area contributed by atoms with E-state index in [0.717, 1.165) is 10.6 Å². The number of aldehydes is 1. The maximum Gasteiger partial charge on any atom is 0.427 e. The largest absolute Gasteiger partial charge is 0.486 e. The topological polar surface area (TPSA) is 120 Å². The molecule has 1 aliphatic rings. The van der Waals surface area contributed by atoms with E-state index in [1.165, 1.54) is 29.1 Å². The fraction of sp³-hybridized carbons (Fsp3) is 0.542. The number of anilines is 2. The average Bonchev–Trinajstić information content (AvgIpc) is 3.20. The minimum absolute atomic E-state index is 0.00384. The van der Waals surface area contributed by atoms with E-state index in [1.807, 2.05) is 0 Å². The number of carbonyl (C=O) groups is 2. The van der Waals surface area contributed by atoms with Gasteiger partial charge in [-0.15, -0.1) is 0 Å². The van der Waals surface area contributed by atoms with Crippen molar-refractivity contribution in [3.8, 4) is 5.75 Å². The number of nitrogens with one attached hydrogen (secondary N) is 1. The van der Waals surface area contributed by atoms with Crippen molar-refractivity contribution in [1.82, 2.24) is 9.78 Å². The lowest BCUT2D eigenvalue weighted by Crippen LogP contribution is -2.52. The van der Waals surface area contributed by atoms with Gasteiger partial charge in [-0.05, 0) is 52.3 Å². The highest BCUT2D eigenvalue weighted by atomic mass is 35.5. The predicted molar refractivity (Wildman–Crippen MR) is 138 cm³/mol. The van der Waals surface area contributed by atoms with E-state index in [2.05, 4.69) is 15.2 Å². The third-order valence-electron chi connectivity index (χ3n) is 6.25. The smallest absolute Gasteiger partial charge is 0.427 e. The fourth-order valence-corrected chi connectivity index (χ4v) is 6.01. The minimum atomic E-state index is -4.82. The van der Waals surface area contributed by atoms with Crippen molar-refractivity contribution in [2.24, 2.45) is 5.41 Å². The predicted octanol–water partition coefficient (Wildman–Crippen LogP) is 5.41. The molecule has 39 heavy (non-hydrogen) atoms. The number of hydrogen-bond donors (Lipinski definition) is 1. The highest BCUT2D eigenvalue weighted by Crippen LogP contribution is 2.44. The molecule has 2 aromatic rings. The number of carbonyl (C=O) groups excluding carboxylic acids is 2. The van der Waals surface area contributed by atoms with Crippen LogP contribution in [0.4, 0.5) is 29.3 Å². The molecule has 0 saturated carbocycles. The SMILES string of the molecule is CCn1cc(S(=O)(=O)N2c3cc(NC(=O)OC(C)(C)C(F)(F)F)ccc3O[C@H](CC(C)(C)C=O)[C@@H]2C)c(Cl)n1. The molecule has 0 unspecified atom stereocenters. The zero-order valence-electron chi connectivity index (χ0n) is 22.2. The van der Waals surface area contributed by atoms with Crippen LogP contribution in [0.3, 0.4) is 0 Å². The van der Waals surface area contributed by atoms with E-state index in [1.54, 1.807) is 27.7 Å². The summed E-state index contributed by atoms with van der Waals surface area (Å²) in [5.41, 5.74) is -3.66. The van der Waals surface area contributed by atoms with Gasteiger partial charge in [-0.25, -0.2) is 13.2 Å². The van der Waals surface area contributed by atoms with Crippen LogP contribution in [-0.4, -0.2) is 54.5 Å². The summed E-state index contributed by atoms with van der Waals surface area (Å²) in [5.74, 6) is 0.108. The molecular weight excluding hydrogens is 565 g/mol. The number of aryl methyl sites for hydroxylation is 1. The summed E-state index contributed by atoms with van der Waals surface area (Å²) in [7, 11) is -4.38. The van der Waals surface area contributed by atoms with Gasteiger partial charge in [0.1, 0.15) is 23.0 Å². The molecule has 2 atom stereocenters. The quantitative estimate of drug-likeness (QED) is 0.406. The molecule has 1 aromatic heterocycles. The molecule has 1 N–H and O–H groups in total. The average molecular weight is 595 g/mol.